The first kappa shape index (κ1) is 32.8. The van der Waals surface area contributed by atoms with Crippen LogP contribution in [-0.2, 0) is 11.2 Å². The van der Waals surface area contributed by atoms with Crippen molar-refractivity contribution in [2.45, 2.75) is 50.2 Å². The molecule has 0 radical (unpaired) electrons. The van der Waals surface area contributed by atoms with Crippen molar-refractivity contribution < 1.29 is 33.3 Å². The number of methoxy groups -OCH3 is 1. The van der Waals surface area contributed by atoms with E-state index in [1.165, 1.54) is 17.0 Å². The number of carbonyl (C=O) groups excluding carboxylic acids is 1. The summed E-state index contributed by atoms with van der Waals surface area (Å²) in [4.78, 5) is 30.3. The maximum absolute atomic E-state index is 14.5. The average molecular weight is 709 g/mol. The lowest BCUT2D eigenvalue weighted by atomic mass is 9.81. The molecule has 2 amide bonds. The third kappa shape index (κ3) is 7.73. The van der Waals surface area contributed by atoms with Crippen molar-refractivity contribution in [2.75, 3.05) is 40.0 Å². The Labute approximate surface area is 282 Å². The molecule has 1 saturated carbocycles. The molecule has 248 valence electrons. The van der Waals surface area contributed by atoms with Crippen LogP contribution < -0.4 is 19.5 Å². The molecule has 2 N–H and O–H groups in total. The van der Waals surface area contributed by atoms with Crippen LogP contribution >= 0.6 is 15.9 Å². The Hall–Kier alpha value is -4.09. The lowest BCUT2D eigenvalue weighted by Gasteiger charge is -2.47. The van der Waals surface area contributed by atoms with Gasteiger partial charge in [0.1, 0.15) is 29.7 Å². The fraction of sp³-hybridized carbons (Fsp3) is 0.389. The van der Waals surface area contributed by atoms with Crippen LogP contribution in [0.2, 0.25) is 0 Å². The number of carbonyl (C=O) groups is 2. The van der Waals surface area contributed by atoms with Crippen molar-refractivity contribution >= 4 is 33.5 Å². The highest BCUT2D eigenvalue weighted by molar-refractivity contribution is 9.10. The largest absolute Gasteiger partial charge is 0.497 e. The number of ether oxygens (including phenoxy) is 3. The van der Waals surface area contributed by atoms with E-state index in [2.05, 4.69) is 33.4 Å². The van der Waals surface area contributed by atoms with E-state index in [0.717, 1.165) is 48.1 Å². The van der Waals surface area contributed by atoms with Gasteiger partial charge in [-0.25, -0.2) is 9.18 Å². The van der Waals surface area contributed by atoms with Crippen LogP contribution in [0.1, 0.15) is 36.8 Å². The molecule has 1 aliphatic carbocycles. The number of fused-ring (bicyclic) bond motifs is 2. The van der Waals surface area contributed by atoms with Gasteiger partial charge in [-0.3, -0.25) is 9.69 Å². The summed E-state index contributed by atoms with van der Waals surface area (Å²) in [7, 11) is 1.61. The number of aryl methyl sites for hydroxylation is 1. The van der Waals surface area contributed by atoms with Crippen LogP contribution in [0.3, 0.4) is 0 Å². The minimum Gasteiger partial charge on any atom is -0.497 e. The van der Waals surface area contributed by atoms with Gasteiger partial charge in [-0.05, 0) is 101 Å². The molecular weight excluding hydrogens is 669 g/mol. The third-order valence-corrected chi connectivity index (χ3v) is 9.62. The number of rotatable bonds is 13. The van der Waals surface area contributed by atoms with Gasteiger partial charge >= 0.3 is 6.09 Å². The van der Waals surface area contributed by atoms with Crippen LogP contribution in [0.4, 0.5) is 9.18 Å². The number of benzene rings is 3. The standard InChI is InChI=1S/C36H39BrFN3O6/c1-45-28-11-13-29(14-12-28)46-18-16-40(26-9-10-26)35(42)34-30(20-27-21-39-22-32(34)41(27)36(43)44)24-6-4-23(5-7-24)3-2-17-47-33-19-25(38)8-15-31(33)37/h4-8,11-15,19,26-27,32,39H,2-3,9-10,16-18,20-22H2,1H3,(H,43,44)/t27-,32-/m1/s1. The number of nitrogens with one attached hydrogen (secondary N) is 1. The smallest absolute Gasteiger partial charge is 0.408 e. The fourth-order valence-electron chi connectivity index (χ4n) is 6.47. The Morgan fingerprint density at radius 3 is 2.45 bits per heavy atom. The minimum atomic E-state index is -1.01. The van der Waals surface area contributed by atoms with Crippen LogP contribution in [0.25, 0.3) is 5.57 Å². The molecule has 6 rings (SSSR count). The van der Waals surface area contributed by atoms with Crippen molar-refractivity contribution in [3.05, 3.63) is 93.7 Å². The molecule has 0 spiro atoms. The van der Waals surface area contributed by atoms with E-state index in [4.69, 9.17) is 14.2 Å². The van der Waals surface area contributed by atoms with Gasteiger partial charge in [-0.2, -0.15) is 0 Å². The van der Waals surface area contributed by atoms with E-state index < -0.39 is 12.1 Å². The lowest BCUT2D eigenvalue weighted by Crippen LogP contribution is -2.63. The highest BCUT2D eigenvalue weighted by Crippen LogP contribution is 2.39. The molecule has 3 aromatic rings. The second kappa shape index (κ2) is 14.8. The van der Waals surface area contributed by atoms with Crippen LogP contribution in [0.5, 0.6) is 17.2 Å². The van der Waals surface area contributed by atoms with Gasteiger partial charge in [-0.1, -0.05) is 24.3 Å². The van der Waals surface area contributed by atoms with Gasteiger partial charge in [0, 0.05) is 30.8 Å². The molecule has 11 heteroatoms. The molecular formula is C36H39BrFN3O6. The second-order valence-electron chi connectivity index (χ2n) is 12.1. The molecule has 2 heterocycles. The van der Waals surface area contributed by atoms with Crippen LogP contribution in [-0.4, -0.2) is 85.0 Å². The molecule has 1 saturated heterocycles. The van der Waals surface area contributed by atoms with Gasteiger partial charge < -0.3 is 29.5 Å². The van der Waals surface area contributed by atoms with E-state index >= 15 is 0 Å². The molecule has 47 heavy (non-hydrogen) atoms. The Morgan fingerprint density at radius 2 is 1.74 bits per heavy atom. The van der Waals surface area contributed by atoms with Gasteiger partial charge in [0.15, 0.2) is 0 Å². The summed E-state index contributed by atoms with van der Waals surface area (Å²) in [6.07, 6.45) is 2.79. The van der Waals surface area contributed by atoms with E-state index in [1.807, 2.05) is 41.3 Å². The van der Waals surface area contributed by atoms with Crippen LogP contribution in [0.15, 0.2) is 76.8 Å². The van der Waals surface area contributed by atoms with Gasteiger partial charge in [-0.15, -0.1) is 0 Å². The van der Waals surface area contributed by atoms with E-state index in [9.17, 15) is 19.1 Å². The first-order valence-electron chi connectivity index (χ1n) is 16.0. The average Bonchev–Trinajstić information content (AvgIpc) is 3.92. The SMILES string of the molecule is COc1ccc(OCCN(C(=O)C2=C(c3ccc(CCCOc4cc(F)ccc4Br)cc3)C[C@@H]3CNC[C@H]2N3C(=O)O)C2CC2)cc1. The van der Waals surface area contributed by atoms with Crippen molar-refractivity contribution in [1.29, 1.82) is 0 Å². The quantitative estimate of drug-likeness (QED) is 0.206. The summed E-state index contributed by atoms with van der Waals surface area (Å²) < 4.78 is 31.3. The van der Waals surface area contributed by atoms with Gasteiger partial charge in [0.2, 0.25) is 0 Å². The topological polar surface area (TPSA) is 101 Å². The number of hydrogen-bond acceptors (Lipinski definition) is 6. The normalized spacial score (nSPS) is 18.9. The molecule has 0 aromatic heterocycles. The number of nitrogens with zero attached hydrogens (tertiary/aromatic N) is 2. The Balaban J connectivity index is 1.19. The number of amides is 2. The summed E-state index contributed by atoms with van der Waals surface area (Å²) in [5, 5.41) is 13.6. The maximum atomic E-state index is 14.5. The van der Waals surface area contributed by atoms with Crippen molar-refractivity contribution in [3.63, 3.8) is 0 Å². The van der Waals surface area contributed by atoms with Gasteiger partial charge in [0.25, 0.3) is 5.91 Å². The second-order valence-corrected chi connectivity index (χ2v) is 12.9. The molecule has 2 bridgehead atoms. The predicted octanol–water partition coefficient (Wildman–Crippen LogP) is 6.16. The molecule has 2 fully saturated rings. The third-order valence-electron chi connectivity index (χ3n) is 8.97. The van der Waals surface area contributed by atoms with E-state index in [0.29, 0.717) is 60.8 Å². The summed E-state index contributed by atoms with van der Waals surface area (Å²) in [5.74, 6) is 1.44. The molecule has 9 nitrogen and oxygen atoms in total. The maximum Gasteiger partial charge on any atom is 0.408 e. The monoisotopic (exact) mass is 707 g/mol. The Kier molecular flexibility index (Phi) is 10.3. The zero-order valence-corrected chi connectivity index (χ0v) is 27.9. The number of carboxylic acid groups (broad SMARTS) is 1. The summed E-state index contributed by atoms with van der Waals surface area (Å²) >= 11 is 3.39. The molecule has 3 aromatic carbocycles. The Morgan fingerprint density at radius 1 is 1.00 bits per heavy atom. The van der Waals surface area contributed by atoms with Crippen molar-refractivity contribution in [2.24, 2.45) is 0 Å². The zero-order chi connectivity index (χ0) is 32.9. The fourth-order valence-corrected chi connectivity index (χ4v) is 6.84. The lowest BCUT2D eigenvalue weighted by molar-refractivity contribution is -0.129. The Bertz CT molecular complexity index is 1610. The van der Waals surface area contributed by atoms with E-state index in [-0.39, 0.29) is 23.8 Å². The number of piperazine rings is 1. The molecule has 0 unspecified atom stereocenters. The number of hydrogen-bond donors (Lipinski definition) is 2. The zero-order valence-electron chi connectivity index (χ0n) is 26.3. The van der Waals surface area contributed by atoms with Crippen molar-refractivity contribution in [1.82, 2.24) is 15.1 Å². The van der Waals surface area contributed by atoms with Crippen molar-refractivity contribution in [3.8, 4) is 17.2 Å². The van der Waals surface area contributed by atoms with E-state index in [1.54, 1.807) is 13.2 Å². The summed E-state index contributed by atoms with van der Waals surface area (Å²) in [6, 6.07) is 19.2. The van der Waals surface area contributed by atoms with Crippen LogP contribution in [0, 0.1) is 5.82 Å². The first-order valence-corrected chi connectivity index (χ1v) is 16.8. The predicted molar refractivity (Wildman–Crippen MR) is 179 cm³/mol. The molecule has 3 aliphatic rings. The highest BCUT2D eigenvalue weighted by Gasteiger charge is 2.46. The summed E-state index contributed by atoms with van der Waals surface area (Å²) in [5.41, 5.74) is 3.51. The summed E-state index contributed by atoms with van der Waals surface area (Å²) in [6.45, 7) is 2.08. The molecule has 2 aliphatic heterocycles. The van der Waals surface area contributed by atoms with Gasteiger partial charge in [0.05, 0.1) is 36.8 Å². The first-order chi connectivity index (χ1) is 22.8. The minimum absolute atomic E-state index is 0.112. The highest BCUT2D eigenvalue weighted by atomic mass is 79.9. The number of halogens is 2. The molecule has 2 atom stereocenters.